The van der Waals surface area contributed by atoms with E-state index in [4.69, 9.17) is 16.3 Å². The van der Waals surface area contributed by atoms with E-state index in [9.17, 15) is 14.4 Å². The van der Waals surface area contributed by atoms with Crippen LogP contribution in [0.25, 0.3) is 0 Å². The fourth-order valence-corrected chi connectivity index (χ4v) is 3.57. The number of hydrogen-bond donors (Lipinski definition) is 3. The average molecular weight is 635 g/mol. The monoisotopic (exact) mass is 634 g/mol. The predicted octanol–water partition coefficient (Wildman–Crippen LogP) is 6.57. The van der Waals surface area contributed by atoms with Gasteiger partial charge in [-0.25, -0.2) is 0 Å². The van der Waals surface area contributed by atoms with Gasteiger partial charge >= 0.3 is 0 Å². The Morgan fingerprint density at radius 1 is 1.11 bits per heavy atom. The standard InChI is InChI=1S/C25H44N4O4.C8H9Cl.C2H6/c1-7-9-10-12-23(18-33-21(4)15-27-22(5)20(3)8-2)13-11-14-26-24(31)16-28-25(32)17-29(6)19-30;1-7-3-2-4-8(9)6-5-7;1-2/h7,9-10,12,18-22,27H,8,11,13-17H2,1-6H3,(H,26,31)(H,28,32);2,4-6H,3H2,1H3;1-2H3/b9-7-,12-10-,23-18-;;/t20?,21-,22?;;/m1../s1. The van der Waals surface area contributed by atoms with Crippen LogP contribution in [0.2, 0.25) is 0 Å². The minimum absolute atomic E-state index is 0.0446. The van der Waals surface area contributed by atoms with E-state index in [-0.39, 0.29) is 31.0 Å². The van der Waals surface area contributed by atoms with Crippen molar-refractivity contribution in [2.24, 2.45) is 5.92 Å². The van der Waals surface area contributed by atoms with Crippen molar-refractivity contribution in [3.05, 3.63) is 71.0 Å². The van der Waals surface area contributed by atoms with Gasteiger partial charge in [0.15, 0.2) is 0 Å². The molecule has 1 aliphatic rings. The van der Waals surface area contributed by atoms with Crippen LogP contribution in [0.1, 0.15) is 81.1 Å². The van der Waals surface area contributed by atoms with Gasteiger partial charge in [0.25, 0.3) is 0 Å². The smallest absolute Gasteiger partial charge is 0.240 e. The zero-order chi connectivity index (χ0) is 33.8. The molecule has 0 aromatic heterocycles. The summed E-state index contributed by atoms with van der Waals surface area (Å²) in [6.45, 7) is 17.8. The van der Waals surface area contributed by atoms with Crippen LogP contribution in [0.5, 0.6) is 0 Å². The van der Waals surface area contributed by atoms with E-state index in [0.717, 1.165) is 42.8 Å². The van der Waals surface area contributed by atoms with Gasteiger partial charge in [0.05, 0.1) is 19.4 Å². The summed E-state index contributed by atoms with van der Waals surface area (Å²) in [6.07, 6.45) is 21.9. The first-order valence-electron chi connectivity index (χ1n) is 15.8. The van der Waals surface area contributed by atoms with Gasteiger partial charge in [-0.15, -0.1) is 0 Å². The number of amides is 3. The molecule has 0 heterocycles. The molecule has 2 unspecified atom stereocenters. The maximum Gasteiger partial charge on any atom is 0.240 e. The summed E-state index contributed by atoms with van der Waals surface area (Å²) in [5.41, 5.74) is 2.39. The van der Waals surface area contributed by atoms with Gasteiger partial charge in [-0.3, -0.25) is 14.4 Å². The molecule has 8 nitrogen and oxygen atoms in total. The van der Waals surface area contributed by atoms with Crippen LogP contribution in [-0.4, -0.2) is 68.5 Å². The third-order valence-corrected chi connectivity index (χ3v) is 6.77. The Morgan fingerprint density at radius 2 is 1.82 bits per heavy atom. The molecule has 3 atom stereocenters. The number of rotatable bonds is 18. The number of ether oxygens (including phenoxy) is 1. The molecule has 0 saturated carbocycles. The molecule has 0 fully saturated rings. The van der Waals surface area contributed by atoms with E-state index in [2.05, 4.69) is 49.7 Å². The highest BCUT2D eigenvalue weighted by molar-refractivity contribution is 6.31. The molecular weight excluding hydrogens is 576 g/mol. The molecule has 9 heteroatoms. The summed E-state index contributed by atoms with van der Waals surface area (Å²) < 4.78 is 5.92. The zero-order valence-corrected chi connectivity index (χ0v) is 29.4. The number of hydrogen-bond acceptors (Lipinski definition) is 5. The SMILES string of the molecule is CC.CC1=CC=C(Cl)C=CC1.C\C=C/C=C\C(=C\O[C@H](C)CNC(C)C(C)CC)CCCNC(=O)CNC(=O)CN(C)C=O. The largest absolute Gasteiger partial charge is 0.497 e. The molecule has 3 amide bonds. The lowest BCUT2D eigenvalue weighted by Gasteiger charge is -2.22. The minimum atomic E-state index is -0.376. The molecule has 3 N–H and O–H groups in total. The number of carbonyl (C=O) groups is 3. The number of nitrogens with one attached hydrogen (secondary N) is 3. The van der Waals surface area contributed by atoms with Crippen LogP contribution in [0.4, 0.5) is 0 Å². The van der Waals surface area contributed by atoms with Crippen molar-refractivity contribution >= 4 is 29.8 Å². The number of nitrogens with zero attached hydrogens (tertiary/aromatic N) is 1. The fourth-order valence-electron chi connectivity index (χ4n) is 3.41. The lowest BCUT2D eigenvalue weighted by atomic mass is 10.0. The van der Waals surface area contributed by atoms with E-state index in [1.54, 1.807) is 6.26 Å². The molecule has 1 rings (SSSR count). The van der Waals surface area contributed by atoms with Crippen molar-refractivity contribution in [3.8, 4) is 0 Å². The Bertz CT molecular complexity index is 985. The van der Waals surface area contributed by atoms with Crippen molar-refractivity contribution in [2.45, 2.75) is 93.2 Å². The second-order valence-corrected chi connectivity index (χ2v) is 11.0. The average Bonchev–Trinajstić information content (AvgIpc) is 3.22. The van der Waals surface area contributed by atoms with Gasteiger partial charge in [0.1, 0.15) is 6.10 Å². The Hall–Kier alpha value is -3.10. The maximum atomic E-state index is 11.9. The first-order valence-corrected chi connectivity index (χ1v) is 16.2. The summed E-state index contributed by atoms with van der Waals surface area (Å²) >= 11 is 5.72. The predicted molar refractivity (Wildman–Crippen MR) is 186 cm³/mol. The third kappa shape index (κ3) is 25.4. The molecule has 0 aromatic rings. The molecular formula is C35H59ClN4O4. The van der Waals surface area contributed by atoms with Crippen LogP contribution in [0, 0.1) is 5.92 Å². The van der Waals surface area contributed by atoms with Gasteiger partial charge < -0.3 is 25.6 Å². The Labute approximate surface area is 272 Å². The van der Waals surface area contributed by atoms with E-state index >= 15 is 0 Å². The molecule has 1 aliphatic carbocycles. The van der Waals surface area contributed by atoms with Crippen LogP contribution >= 0.6 is 11.6 Å². The van der Waals surface area contributed by atoms with E-state index < -0.39 is 0 Å². The van der Waals surface area contributed by atoms with Crippen LogP contribution in [-0.2, 0) is 19.1 Å². The van der Waals surface area contributed by atoms with Gasteiger partial charge in [-0.1, -0.05) is 87.7 Å². The highest BCUT2D eigenvalue weighted by Gasteiger charge is 2.11. The van der Waals surface area contributed by atoms with Gasteiger partial charge in [-0.2, -0.15) is 0 Å². The summed E-state index contributed by atoms with van der Waals surface area (Å²) in [4.78, 5) is 35.2. The van der Waals surface area contributed by atoms with Crippen LogP contribution in [0.15, 0.2) is 71.0 Å². The van der Waals surface area contributed by atoms with E-state index in [0.29, 0.717) is 24.9 Å². The van der Waals surface area contributed by atoms with Gasteiger partial charge in [0.2, 0.25) is 18.2 Å². The summed E-state index contributed by atoms with van der Waals surface area (Å²) in [6, 6.07) is 0.443. The van der Waals surface area contributed by atoms with E-state index in [1.165, 1.54) is 17.5 Å². The van der Waals surface area contributed by atoms with Crippen molar-refractivity contribution in [1.29, 1.82) is 0 Å². The Kier molecular flexibility index (Phi) is 28.0. The summed E-state index contributed by atoms with van der Waals surface area (Å²) in [5, 5.41) is 9.61. The number of carbonyl (C=O) groups excluding carboxylic acids is 3. The third-order valence-electron chi connectivity index (χ3n) is 6.52. The lowest BCUT2D eigenvalue weighted by Crippen LogP contribution is -2.41. The first-order chi connectivity index (χ1) is 21.0. The molecule has 0 aromatic carbocycles. The second kappa shape index (κ2) is 28.7. The number of halogens is 1. The van der Waals surface area contributed by atoms with Crippen molar-refractivity contribution in [3.63, 3.8) is 0 Å². The summed E-state index contributed by atoms with van der Waals surface area (Å²) in [7, 11) is 1.50. The highest BCUT2D eigenvalue weighted by atomic mass is 35.5. The number of likely N-dealkylation sites (N-methyl/N-ethyl adjacent to an activating group) is 1. The molecule has 250 valence electrons. The summed E-state index contributed by atoms with van der Waals surface area (Å²) in [5.74, 6) is -0.0230. The molecule has 0 aliphatic heterocycles. The topological polar surface area (TPSA) is 99.8 Å². The van der Waals surface area contributed by atoms with Crippen LogP contribution < -0.4 is 16.0 Å². The quantitative estimate of drug-likeness (QED) is 0.0685. The molecule has 0 spiro atoms. The van der Waals surface area contributed by atoms with Gasteiger partial charge in [0, 0.05) is 31.2 Å². The normalized spacial score (nSPS) is 14.9. The van der Waals surface area contributed by atoms with Crippen molar-refractivity contribution in [2.75, 3.05) is 33.2 Å². The first kappa shape index (κ1) is 43.0. The molecule has 0 radical (unpaired) electrons. The van der Waals surface area contributed by atoms with Crippen molar-refractivity contribution < 1.29 is 19.1 Å². The van der Waals surface area contributed by atoms with E-state index in [1.807, 2.05) is 70.2 Å². The Balaban J connectivity index is 0. The maximum absolute atomic E-state index is 11.9. The fraction of sp³-hybridized carbons (Fsp3) is 0.571. The number of allylic oxidation sites excluding steroid dienone is 11. The van der Waals surface area contributed by atoms with Gasteiger partial charge in [-0.05, 0) is 70.6 Å². The zero-order valence-electron chi connectivity index (χ0n) is 28.6. The Morgan fingerprint density at radius 3 is 2.45 bits per heavy atom. The minimum Gasteiger partial charge on any atom is -0.497 e. The molecule has 0 saturated heterocycles. The second-order valence-electron chi connectivity index (χ2n) is 10.5. The van der Waals surface area contributed by atoms with Crippen LogP contribution in [0.3, 0.4) is 0 Å². The molecule has 44 heavy (non-hydrogen) atoms. The molecule has 0 bridgehead atoms. The lowest BCUT2D eigenvalue weighted by molar-refractivity contribution is -0.129. The van der Waals surface area contributed by atoms with Crippen molar-refractivity contribution in [1.82, 2.24) is 20.9 Å². The highest BCUT2D eigenvalue weighted by Crippen LogP contribution is 2.12.